The van der Waals surface area contributed by atoms with E-state index < -0.39 is 0 Å². The number of aliphatic hydroxyl groups excluding tert-OH is 1. The van der Waals surface area contributed by atoms with Crippen molar-refractivity contribution in [2.45, 2.75) is 39.7 Å². The van der Waals surface area contributed by atoms with Crippen LogP contribution >= 0.6 is 11.3 Å². The van der Waals surface area contributed by atoms with Gasteiger partial charge in [-0.3, -0.25) is 0 Å². The molecule has 0 fully saturated rings. The van der Waals surface area contributed by atoms with Crippen LogP contribution in [-0.2, 0) is 6.42 Å². The Morgan fingerprint density at radius 3 is 2.54 bits per heavy atom. The van der Waals surface area contributed by atoms with Crippen molar-refractivity contribution >= 4 is 27.4 Å². The number of aryl methyl sites for hydroxylation is 2. The lowest BCUT2D eigenvalue weighted by Gasteiger charge is -2.16. The highest BCUT2D eigenvalue weighted by molar-refractivity contribution is 7.17. The van der Waals surface area contributed by atoms with Gasteiger partial charge in [-0.15, -0.1) is 11.3 Å². The lowest BCUT2D eigenvalue weighted by atomic mass is 10.0. The summed E-state index contributed by atoms with van der Waals surface area (Å²) >= 11 is 1.64. The fraction of sp³-hybridized carbons (Fsp3) is 0.368. The molecule has 4 nitrogen and oxygen atoms in total. The maximum absolute atomic E-state index is 9.52. The molecule has 126 valence electrons. The van der Waals surface area contributed by atoms with E-state index in [1.807, 2.05) is 6.92 Å². The Hall–Kier alpha value is -1.98. The van der Waals surface area contributed by atoms with Crippen LogP contribution in [0.5, 0.6) is 0 Å². The molecule has 3 rings (SSSR count). The summed E-state index contributed by atoms with van der Waals surface area (Å²) in [5.41, 5.74) is 3.65. The summed E-state index contributed by atoms with van der Waals surface area (Å²) in [7, 11) is 0. The second kappa shape index (κ2) is 7.28. The zero-order valence-electron chi connectivity index (χ0n) is 14.3. The van der Waals surface area contributed by atoms with E-state index >= 15 is 0 Å². The normalized spacial score (nSPS) is 12.5. The van der Waals surface area contributed by atoms with Crippen molar-refractivity contribution in [3.05, 3.63) is 41.0 Å². The summed E-state index contributed by atoms with van der Waals surface area (Å²) < 4.78 is 0. The molecule has 2 N–H and O–H groups in total. The molecule has 0 spiro atoms. The van der Waals surface area contributed by atoms with Gasteiger partial charge in [-0.2, -0.15) is 0 Å². The van der Waals surface area contributed by atoms with Crippen LogP contribution in [0.4, 0.5) is 5.82 Å². The first-order valence-corrected chi connectivity index (χ1v) is 9.26. The highest BCUT2D eigenvalue weighted by Crippen LogP contribution is 2.37. The molecule has 0 saturated carbocycles. The molecule has 0 bridgehead atoms. The van der Waals surface area contributed by atoms with Crippen LogP contribution in [0.15, 0.2) is 29.6 Å². The Balaban J connectivity index is 2.11. The predicted molar refractivity (Wildman–Crippen MR) is 102 cm³/mol. The molecule has 0 amide bonds. The quantitative estimate of drug-likeness (QED) is 0.697. The smallest absolute Gasteiger partial charge is 0.139 e. The van der Waals surface area contributed by atoms with Crippen molar-refractivity contribution in [3.8, 4) is 11.1 Å². The second-order valence-corrected chi connectivity index (χ2v) is 6.79. The van der Waals surface area contributed by atoms with Crippen molar-refractivity contribution in [1.29, 1.82) is 0 Å². The van der Waals surface area contributed by atoms with E-state index in [1.165, 1.54) is 11.1 Å². The Morgan fingerprint density at radius 1 is 1.17 bits per heavy atom. The van der Waals surface area contributed by atoms with Gasteiger partial charge in [0.2, 0.25) is 0 Å². The van der Waals surface area contributed by atoms with Gasteiger partial charge in [-0.1, -0.05) is 38.1 Å². The molecule has 3 aromatic rings. The van der Waals surface area contributed by atoms with Crippen LogP contribution in [-0.4, -0.2) is 27.7 Å². The standard InChI is InChI=1S/C19H23N3OS/c1-4-13-6-8-14(9-7-13)16-11-24-19-17(16)18(20-12(3)21-19)22-15(5-2)10-23/h6-9,11,15,23H,4-5,10H2,1-3H3,(H,20,21,22). The summed E-state index contributed by atoms with van der Waals surface area (Å²) in [6, 6.07) is 8.66. The lowest BCUT2D eigenvalue weighted by Crippen LogP contribution is -2.23. The number of benzene rings is 1. The molecule has 1 unspecified atom stereocenters. The molecule has 0 aliphatic carbocycles. The van der Waals surface area contributed by atoms with Crippen molar-refractivity contribution < 1.29 is 5.11 Å². The number of fused-ring (bicyclic) bond motifs is 1. The summed E-state index contributed by atoms with van der Waals surface area (Å²) in [6.07, 6.45) is 1.88. The van der Waals surface area contributed by atoms with Gasteiger partial charge in [0.15, 0.2) is 0 Å². The molecule has 0 aliphatic heterocycles. The largest absolute Gasteiger partial charge is 0.394 e. The molecular formula is C19H23N3OS. The number of rotatable bonds is 6. The van der Waals surface area contributed by atoms with Crippen LogP contribution < -0.4 is 5.32 Å². The highest BCUT2D eigenvalue weighted by Gasteiger charge is 2.16. The minimum Gasteiger partial charge on any atom is -0.394 e. The first kappa shape index (κ1) is 16.9. The number of nitrogens with one attached hydrogen (secondary N) is 1. The van der Waals surface area contributed by atoms with Gasteiger partial charge in [-0.25, -0.2) is 9.97 Å². The van der Waals surface area contributed by atoms with E-state index in [-0.39, 0.29) is 12.6 Å². The lowest BCUT2D eigenvalue weighted by molar-refractivity contribution is 0.271. The third-order valence-corrected chi connectivity index (χ3v) is 5.14. The fourth-order valence-corrected chi connectivity index (χ4v) is 3.75. The zero-order valence-corrected chi connectivity index (χ0v) is 15.2. The van der Waals surface area contributed by atoms with E-state index in [4.69, 9.17) is 0 Å². The van der Waals surface area contributed by atoms with Crippen LogP contribution in [0, 0.1) is 6.92 Å². The van der Waals surface area contributed by atoms with E-state index in [0.717, 1.165) is 40.3 Å². The Bertz CT molecular complexity index is 822. The van der Waals surface area contributed by atoms with Gasteiger partial charge >= 0.3 is 0 Å². The van der Waals surface area contributed by atoms with E-state index in [9.17, 15) is 5.11 Å². The molecule has 5 heteroatoms. The number of thiophene rings is 1. The van der Waals surface area contributed by atoms with Crippen molar-refractivity contribution in [2.75, 3.05) is 11.9 Å². The third kappa shape index (κ3) is 3.28. The maximum Gasteiger partial charge on any atom is 0.139 e. The highest BCUT2D eigenvalue weighted by atomic mass is 32.1. The average Bonchev–Trinajstić information content (AvgIpc) is 3.03. The third-order valence-electron chi connectivity index (χ3n) is 4.27. The number of hydrogen-bond donors (Lipinski definition) is 2. The van der Waals surface area contributed by atoms with Gasteiger partial charge < -0.3 is 10.4 Å². The molecule has 2 aromatic heterocycles. The predicted octanol–water partition coefficient (Wildman–Crippen LogP) is 4.41. The second-order valence-electron chi connectivity index (χ2n) is 5.93. The fourth-order valence-electron chi connectivity index (χ4n) is 2.76. The van der Waals surface area contributed by atoms with Gasteiger partial charge in [-0.05, 0) is 30.9 Å². The topological polar surface area (TPSA) is 58.0 Å². The van der Waals surface area contributed by atoms with Crippen molar-refractivity contribution in [3.63, 3.8) is 0 Å². The summed E-state index contributed by atoms with van der Waals surface area (Å²) in [5, 5.41) is 16.1. The summed E-state index contributed by atoms with van der Waals surface area (Å²) in [4.78, 5) is 10.2. The van der Waals surface area contributed by atoms with Gasteiger partial charge in [0.05, 0.1) is 18.0 Å². The first-order valence-electron chi connectivity index (χ1n) is 8.38. The maximum atomic E-state index is 9.52. The molecule has 24 heavy (non-hydrogen) atoms. The number of aromatic nitrogens is 2. The van der Waals surface area contributed by atoms with Crippen LogP contribution in [0.25, 0.3) is 21.3 Å². The van der Waals surface area contributed by atoms with E-state index in [1.54, 1.807) is 11.3 Å². The SMILES string of the molecule is CCc1ccc(-c2csc3nc(C)nc(NC(CC)CO)c23)cc1. The van der Waals surface area contributed by atoms with Crippen molar-refractivity contribution in [2.24, 2.45) is 0 Å². The molecule has 2 heterocycles. The van der Waals surface area contributed by atoms with Crippen LogP contribution in [0.2, 0.25) is 0 Å². The summed E-state index contributed by atoms with van der Waals surface area (Å²) in [5.74, 6) is 1.56. The molecular weight excluding hydrogens is 318 g/mol. The first-order chi connectivity index (χ1) is 11.7. The van der Waals surface area contributed by atoms with Gasteiger partial charge in [0, 0.05) is 10.9 Å². The minimum absolute atomic E-state index is 0.00211. The molecule has 1 aromatic carbocycles. The number of nitrogens with zero attached hydrogens (tertiary/aromatic N) is 2. The van der Waals surface area contributed by atoms with E-state index in [2.05, 4.69) is 58.8 Å². The zero-order chi connectivity index (χ0) is 17.1. The summed E-state index contributed by atoms with van der Waals surface area (Å²) in [6.45, 7) is 6.20. The number of aliphatic hydroxyl groups is 1. The van der Waals surface area contributed by atoms with Gasteiger partial charge in [0.1, 0.15) is 16.5 Å². The van der Waals surface area contributed by atoms with Crippen molar-refractivity contribution in [1.82, 2.24) is 9.97 Å². The molecule has 0 aliphatic rings. The monoisotopic (exact) mass is 341 g/mol. The average molecular weight is 341 g/mol. The van der Waals surface area contributed by atoms with Crippen LogP contribution in [0.3, 0.4) is 0 Å². The van der Waals surface area contributed by atoms with E-state index in [0.29, 0.717) is 0 Å². The molecule has 0 saturated heterocycles. The Kier molecular flexibility index (Phi) is 5.11. The Labute approximate surface area is 146 Å². The van der Waals surface area contributed by atoms with Crippen LogP contribution in [0.1, 0.15) is 31.7 Å². The molecule has 0 radical (unpaired) electrons. The minimum atomic E-state index is -0.00211. The number of hydrogen-bond acceptors (Lipinski definition) is 5. The Morgan fingerprint density at radius 2 is 1.92 bits per heavy atom. The van der Waals surface area contributed by atoms with Gasteiger partial charge in [0.25, 0.3) is 0 Å². The number of anilines is 1. The molecule has 1 atom stereocenters.